The number of halogens is 1. The summed E-state index contributed by atoms with van der Waals surface area (Å²) in [6.45, 7) is 0.143. The van der Waals surface area contributed by atoms with Crippen molar-refractivity contribution in [2.45, 2.75) is 6.04 Å². The van der Waals surface area contributed by atoms with Crippen LogP contribution in [0.5, 0.6) is 0 Å². The number of anilines is 1. The van der Waals surface area contributed by atoms with E-state index in [2.05, 4.69) is 5.32 Å². The van der Waals surface area contributed by atoms with Crippen molar-refractivity contribution >= 4 is 29.1 Å². The van der Waals surface area contributed by atoms with Gasteiger partial charge in [-0.2, -0.15) is 0 Å². The van der Waals surface area contributed by atoms with Gasteiger partial charge in [0, 0.05) is 19.7 Å². The Balaban J connectivity index is 2.14. The molecular formula is C19H23ClN3O2+. The minimum atomic E-state index is -0.451. The smallest absolute Gasteiger partial charge is 0.285 e. The fraction of sp³-hybridized carbons (Fsp3) is 0.263. The molecule has 2 rings (SSSR count). The van der Waals surface area contributed by atoms with Gasteiger partial charge < -0.3 is 15.1 Å². The second kappa shape index (κ2) is 8.65. The lowest BCUT2D eigenvalue weighted by molar-refractivity contribution is -0.894. The van der Waals surface area contributed by atoms with E-state index in [1.807, 2.05) is 37.4 Å². The number of para-hydroxylation sites is 1. The number of quaternary nitrogens is 1. The molecule has 132 valence electrons. The molecule has 0 fully saturated rings. The monoisotopic (exact) mass is 360 g/mol. The molecule has 0 aromatic heterocycles. The number of nitrogens with zero attached hydrogens (tertiary/aromatic N) is 1. The summed E-state index contributed by atoms with van der Waals surface area (Å²) < 4.78 is 0. The highest BCUT2D eigenvalue weighted by Crippen LogP contribution is 2.20. The van der Waals surface area contributed by atoms with E-state index in [1.54, 1.807) is 43.3 Å². The maximum atomic E-state index is 12.6. The van der Waals surface area contributed by atoms with Crippen LogP contribution in [-0.2, 0) is 9.59 Å². The second-order valence-electron chi connectivity index (χ2n) is 6.13. The van der Waals surface area contributed by atoms with E-state index >= 15 is 0 Å². The van der Waals surface area contributed by atoms with E-state index in [1.165, 1.54) is 0 Å². The molecule has 2 N–H and O–H groups in total. The highest BCUT2D eigenvalue weighted by atomic mass is 35.5. The number of likely N-dealkylation sites (N-methyl/N-ethyl adjacent to an activating group) is 2. The third-order valence-corrected chi connectivity index (χ3v) is 4.23. The van der Waals surface area contributed by atoms with Gasteiger partial charge in [-0.1, -0.05) is 54.1 Å². The van der Waals surface area contributed by atoms with Gasteiger partial charge in [0.2, 0.25) is 0 Å². The molecule has 6 heteroatoms. The molecular weight excluding hydrogens is 338 g/mol. The van der Waals surface area contributed by atoms with E-state index in [-0.39, 0.29) is 18.4 Å². The molecule has 25 heavy (non-hydrogen) atoms. The van der Waals surface area contributed by atoms with Gasteiger partial charge in [0.25, 0.3) is 11.8 Å². The first-order chi connectivity index (χ1) is 11.9. The molecule has 2 atom stereocenters. The Labute approximate surface area is 153 Å². The average molecular weight is 361 g/mol. The van der Waals surface area contributed by atoms with Gasteiger partial charge in [-0.15, -0.1) is 0 Å². The van der Waals surface area contributed by atoms with Crippen molar-refractivity contribution in [2.75, 3.05) is 33.0 Å². The Morgan fingerprint density at radius 1 is 1.08 bits per heavy atom. The number of hydrogen-bond donors (Lipinski definition) is 2. The summed E-state index contributed by atoms with van der Waals surface area (Å²) in [7, 11) is 5.27. The molecule has 2 aromatic carbocycles. The zero-order chi connectivity index (χ0) is 18.4. The number of rotatable bonds is 6. The predicted molar refractivity (Wildman–Crippen MR) is 99.7 cm³/mol. The Bertz CT molecular complexity index is 734. The summed E-state index contributed by atoms with van der Waals surface area (Å²) in [6, 6.07) is 16.1. The maximum Gasteiger partial charge on any atom is 0.285 e. The van der Waals surface area contributed by atoms with Crippen LogP contribution in [0.4, 0.5) is 5.69 Å². The zero-order valence-electron chi connectivity index (χ0n) is 14.6. The van der Waals surface area contributed by atoms with E-state index in [0.29, 0.717) is 10.7 Å². The highest BCUT2D eigenvalue weighted by Gasteiger charge is 2.31. The van der Waals surface area contributed by atoms with E-state index in [0.717, 1.165) is 10.5 Å². The molecule has 2 amide bonds. The zero-order valence-corrected chi connectivity index (χ0v) is 15.4. The molecule has 5 nitrogen and oxygen atoms in total. The molecule has 0 heterocycles. The summed E-state index contributed by atoms with van der Waals surface area (Å²) >= 11 is 6.07. The number of amides is 2. The fourth-order valence-electron chi connectivity index (χ4n) is 2.65. The standard InChI is InChI=1S/C19H22ClN3O2/c1-22(2)19(25)18(14-9-5-4-6-10-14)23(3)13-17(24)21-16-12-8-7-11-15(16)20/h4-12,18H,13H2,1-3H3,(H,21,24)/p+1/t18-/m0/s1. The SMILES string of the molecule is CN(C)C(=O)[C@H](c1ccccc1)[NH+](C)CC(=O)Nc1ccccc1Cl. The van der Waals surface area contributed by atoms with E-state index in [4.69, 9.17) is 11.6 Å². The summed E-state index contributed by atoms with van der Waals surface area (Å²) in [5.41, 5.74) is 1.45. The Kier molecular flexibility index (Phi) is 6.56. The van der Waals surface area contributed by atoms with Gasteiger partial charge in [-0.3, -0.25) is 9.59 Å². The number of carbonyl (C=O) groups is 2. The van der Waals surface area contributed by atoms with Crippen LogP contribution in [-0.4, -0.2) is 44.4 Å². The molecule has 0 saturated heterocycles. The van der Waals surface area contributed by atoms with Crippen molar-refractivity contribution in [2.24, 2.45) is 0 Å². The normalized spacial score (nSPS) is 13.0. The first-order valence-corrected chi connectivity index (χ1v) is 8.40. The van der Waals surface area contributed by atoms with E-state index < -0.39 is 6.04 Å². The molecule has 0 aliphatic rings. The van der Waals surface area contributed by atoms with Gasteiger partial charge >= 0.3 is 0 Å². The van der Waals surface area contributed by atoms with Crippen molar-refractivity contribution < 1.29 is 14.5 Å². The highest BCUT2D eigenvalue weighted by molar-refractivity contribution is 6.33. The number of hydrogen-bond acceptors (Lipinski definition) is 2. The third-order valence-electron chi connectivity index (χ3n) is 3.90. The maximum absolute atomic E-state index is 12.6. The van der Waals surface area contributed by atoms with Gasteiger partial charge in [-0.05, 0) is 12.1 Å². The lowest BCUT2D eigenvalue weighted by Crippen LogP contribution is -3.11. The van der Waals surface area contributed by atoms with Crippen LogP contribution < -0.4 is 10.2 Å². The first-order valence-electron chi connectivity index (χ1n) is 8.03. The Morgan fingerprint density at radius 3 is 2.28 bits per heavy atom. The quantitative estimate of drug-likeness (QED) is 0.822. The summed E-state index contributed by atoms with van der Waals surface area (Å²) in [5, 5.41) is 3.28. The minimum Gasteiger partial charge on any atom is -0.343 e. The predicted octanol–water partition coefficient (Wildman–Crippen LogP) is 1.62. The minimum absolute atomic E-state index is 0.0470. The second-order valence-corrected chi connectivity index (χ2v) is 6.53. The number of nitrogens with one attached hydrogen (secondary N) is 2. The van der Waals surface area contributed by atoms with Gasteiger partial charge in [0.05, 0.1) is 17.8 Å². The molecule has 0 spiro atoms. The topological polar surface area (TPSA) is 53.9 Å². The van der Waals surface area contributed by atoms with Crippen LogP contribution in [0.25, 0.3) is 0 Å². The largest absolute Gasteiger partial charge is 0.343 e. The molecule has 0 aliphatic carbocycles. The van der Waals surface area contributed by atoms with Crippen LogP contribution in [0.1, 0.15) is 11.6 Å². The molecule has 0 aliphatic heterocycles. The van der Waals surface area contributed by atoms with Crippen LogP contribution in [0.15, 0.2) is 54.6 Å². The van der Waals surface area contributed by atoms with Crippen molar-refractivity contribution in [1.29, 1.82) is 0 Å². The van der Waals surface area contributed by atoms with Crippen LogP contribution in [0.2, 0.25) is 5.02 Å². The summed E-state index contributed by atoms with van der Waals surface area (Å²) in [4.78, 5) is 27.4. The lowest BCUT2D eigenvalue weighted by atomic mass is 10.0. The van der Waals surface area contributed by atoms with Gasteiger partial charge in [-0.25, -0.2) is 0 Å². The van der Waals surface area contributed by atoms with Gasteiger partial charge in [0.15, 0.2) is 12.6 Å². The Hall–Kier alpha value is -2.37. The average Bonchev–Trinajstić information content (AvgIpc) is 2.58. The fourth-order valence-corrected chi connectivity index (χ4v) is 2.84. The Morgan fingerprint density at radius 2 is 1.68 bits per heavy atom. The van der Waals surface area contributed by atoms with Crippen molar-refractivity contribution in [3.05, 3.63) is 65.2 Å². The summed E-state index contributed by atoms with van der Waals surface area (Å²) in [5.74, 6) is -0.243. The van der Waals surface area contributed by atoms with E-state index in [9.17, 15) is 9.59 Å². The van der Waals surface area contributed by atoms with Crippen LogP contribution in [0.3, 0.4) is 0 Å². The number of carbonyl (C=O) groups excluding carboxylic acids is 2. The van der Waals surface area contributed by atoms with Gasteiger partial charge in [0.1, 0.15) is 0 Å². The molecule has 0 saturated carbocycles. The molecule has 2 aromatic rings. The van der Waals surface area contributed by atoms with Crippen LogP contribution >= 0.6 is 11.6 Å². The summed E-state index contributed by atoms with van der Waals surface area (Å²) in [6.07, 6.45) is 0. The molecule has 0 radical (unpaired) electrons. The third kappa shape index (κ3) is 5.05. The van der Waals surface area contributed by atoms with Crippen molar-refractivity contribution in [1.82, 2.24) is 4.90 Å². The van der Waals surface area contributed by atoms with Crippen LogP contribution in [0, 0.1) is 0 Å². The van der Waals surface area contributed by atoms with Crippen molar-refractivity contribution in [3.63, 3.8) is 0 Å². The first kappa shape index (κ1) is 19.0. The molecule has 0 bridgehead atoms. The molecule has 1 unspecified atom stereocenters. The number of benzene rings is 2. The van der Waals surface area contributed by atoms with Crippen molar-refractivity contribution in [3.8, 4) is 0 Å². The lowest BCUT2D eigenvalue weighted by Gasteiger charge is -2.26.